The molecular formula is C20H23FN4O4S. The van der Waals surface area contributed by atoms with E-state index in [1.54, 1.807) is 6.92 Å². The Morgan fingerprint density at radius 1 is 1.40 bits per heavy atom. The molecule has 0 aliphatic carbocycles. The molecule has 3 unspecified atom stereocenters. The lowest BCUT2D eigenvalue weighted by molar-refractivity contribution is -0.124. The Kier molecular flexibility index (Phi) is 6.24. The minimum absolute atomic E-state index is 0.135. The van der Waals surface area contributed by atoms with E-state index in [4.69, 9.17) is 0 Å². The molecule has 1 saturated heterocycles. The Balaban J connectivity index is 1.70. The zero-order valence-corrected chi connectivity index (χ0v) is 17.5. The Labute approximate surface area is 174 Å². The van der Waals surface area contributed by atoms with E-state index in [-0.39, 0.29) is 41.3 Å². The molecule has 3 rings (SSSR count). The molecule has 160 valence electrons. The number of carbonyl (C=O) groups excluding carboxylic acids is 2. The summed E-state index contributed by atoms with van der Waals surface area (Å²) in [4.78, 5) is 24.7. The highest BCUT2D eigenvalue weighted by Gasteiger charge is 2.41. The molecule has 8 nitrogen and oxygen atoms in total. The number of hydrogen-bond acceptors (Lipinski definition) is 6. The van der Waals surface area contributed by atoms with E-state index in [9.17, 15) is 27.7 Å². The van der Waals surface area contributed by atoms with E-state index in [2.05, 4.69) is 22.0 Å². The third kappa shape index (κ3) is 4.52. The fraction of sp³-hybridized carbons (Fsp3) is 0.450. The molecule has 10 heteroatoms. The van der Waals surface area contributed by atoms with E-state index in [1.165, 1.54) is 12.1 Å². The van der Waals surface area contributed by atoms with Gasteiger partial charge in [-0.15, -0.1) is 0 Å². The van der Waals surface area contributed by atoms with E-state index in [0.717, 1.165) is 12.3 Å². The number of halogens is 1. The van der Waals surface area contributed by atoms with Crippen molar-refractivity contribution in [3.63, 3.8) is 0 Å². The quantitative estimate of drug-likeness (QED) is 0.621. The van der Waals surface area contributed by atoms with Crippen molar-refractivity contribution in [1.82, 2.24) is 16.0 Å². The summed E-state index contributed by atoms with van der Waals surface area (Å²) in [6.45, 7) is 2.25. The van der Waals surface area contributed by atoms with Crippen LogP contribution in [0.15, 0.2) is 34.2 Å². The first-order valence-corrected chi connectivity index (χ1v) is 11.4. The molecule has 2 heterocycles. The standard InChI is InChI=1S/C20H23FN4O4S/c1-11-14(20(27)25-16-5-6-23-17(9-22)19(11)16)8-18(26)24-10-12-3-4-13(7-15(12)21)30(2,28)29/h3-4,7,16-17,19,23H,5-6,8,10H2,1-2H3,(H,24,26)(H,25,27). The van der Waals surface area contributed by atoms with E-state index < -0.39 is 27.6 Å². The third-order valence-electron chi connectivity index (χ3n) is 5.58. The van der Waals surface area contributed by atoms with Crippen LogP contribution < -0.4 is 16.0 Å². The van der Waals surface area contributed by atoms with E-state index in [0.29, 0.717) is 24.1 Å². The van der Waals surface area contributed by atoms with Gasteiger partial charge < -0.3 is 16.0 Å². The van der Waals surface area contributed by atoms with Gasteiger partial charge in [0.1, 0.15) is 11.9 Å². The lowest BCUT2D eigenvalue weighted by Gasteiger charge is -2.41. The zero-order valence-electron chi connectivity index (χ0n) is 16.7. The van der Waals surface area contributed by atoms with Crippen molar-refractivity contribution in [3.8, 4) is 6.07 Å². The van der Waals surface area contributed by atoms with Gasteiger partial charge in [-0.2, -0.15) is 5.26 Å². The first kappa shape index (κ1) is 21.9. The van der Waals surface area contributed by atoms with Crippen LogP contribution in [0.5, 0.6) is 0 Å². The molecule has 2 aliphatic heterocycles. The van der Waals surface area contributed by atoms with Crippen LogP contribution >= 0.6 is 0 Å². The molecule has 3 atom stereocenters. The monoisotopic (exact) mass is 434 g/mol. The maximum Gasteiger partial charge on any atom is 0.247 e. The van der Waals surface area contributed by atoms with Gasteiger partial charge in [0.05, 0.1) is 17.4 Å². The molecule has 0 saturated carbocycles. The van der Waals surface area contributed by atoms with Gasteiger partial charge in [-0.3, -0.25) is 9.59 Å². The molecule has 0 aromatic heterocycles. The Hall–Kier alpha value is -2.77. The third-order valence-corrected chi connectivity index (χ3v) is 6.69. The minimum Gasteiger partial charge on any atom is -0.352 e. The lowest BCUT2D eigenvalue weighted by atomic mass is 9.76. The number of rotatable bonds is 5. The van der Waals surface area contributed by atoms with Crippen LogP contribution in [-0.2, 0) is 26.0 Å². The average Bonchev–Trinajstić information content (AvgIpc) is 2.68. The summed E-state index contributed by atoms with van der Waals surface area (Å²) < 4.78 is 37.1. The topological polar surface area (TPSA) is 128 Å². The molecule has 0 bridgehead atoms. The summed E-state index contributed by atoms with van der Waals surface area (Å²) >= 11 is 0. The molecular weight excluding hydrogens is 411 g/mol. The Morgan fingerprint density at radius 3 is 2.77 bits per heavy atom. The number of nitriles is 1. The van der Waals surface area contributed by atoms with Gasteiger partial charge in [0, 0.05) is 35.9 Å². The first-order chi connectivity index (χ1) is 14.1. The molecule has 30 heavy (non-hydrogen) atoms. The largest absolute Gasteiger partial charge is 0.352 e. The summed E-state index contributed by atoms with van der Waals surface area (Å²) in [6, 6.07) is 5.12. The molecule has 0 radical (unpaired) electrons. The van der Waals surface area contributed by atoms with Crippen molar-refractivity contribution in [2.75, 3.05) is 12.8 Å². The van der Waals surface area contributed by atoms with E-state index in [1.807, 2.05) is 0 Å². The minimum atomic E-state index is -3.53. The fourth-order valence-corrected chi connectivity index (χ4v) is 4.58. The second-order valence-corrected chi connectivity index (χ2v) is 9.61. The van der Waals surface area contributed by atoms with Crippen molar-refractivity contribution >= 4 is 21.7 Å². The summed E-state index contributed by atoms with van der Waals surface area (Å²) in [7, 11) is -3.53. The van der Waals surface area contributed by atoms with Gasteiger partial charge in [-0.25, -0.2) is 12.8 Å². The second kappa shape index (κ2) is 8.53. The summed E-state index contributed by atoms with van der Waals surface area (Å²) in [5.74, 6) is -1.74. The summed E-state index contributed by atoms with van der Waals surface area (Å²) in [6.07, 6.45) is 1.49. The van der Waals surface area contributed by atoms with Crippen LogP contribution in [0.4, 0.5) is 4.39 Å². The van der Waals surface area contributed by atoms with Gasteiger partial charge in [0.25, 0.3) is 0 Å². The van der Waals surface area contributed by atoms with Crippen molar-refractivity contribution in [3.05, 3.63) is 40.7 Å². The SMILES string of the molecule is CC1=C(CC(=O)NCc2ccc(S(C)(=O)=O)cc2F)C(=O)NC2CCNC(C#N)C12. The summed E-state index contributed by atoms with van der Waals surface area (Å²) in [5, 5.41) is 18.0. The number of sulfone groups is 1. The van der Waals surface area contributed by atoms with Crippen molar-refractivity contribution in [2.24, 2.45) is 5.92 Å². The highest BCUT2D eigenvalue weighted by atomic mass is 32.2. The van der Waals surface area contributed by atoms with Gasteiger partial charge in [-0.1, -0.05) is 11.6 Å². The van der Waals surface area contributed by atoms with Crippen molar-refractivity contribution < 1.29 is 22.4 Å². The van der Waals surface area contributed by atoms with Crippen LogP contribution in [0.3, 0.4) is 0 Å². The number of piperidine rings is 1. The maximum absolute atomic E-state index is 14.2. The van der Waals surface area contributed by atoms with Gasteiger partial charge in [-0.05, 0) is 32.0 Å². The van der Waals surface area contributed by atoms with Gasteiger partial charge in [0.15, 0.2) is 9.84 Å². The molecule has 1 fully saturated rings. The lowest BCUT2D eigenvalue weighted by Crippen LogP contribution is -2.58. The zero-order chi connectivity index (χ0) is 22.1. The fourth-order valence-electron chi connectivity index (χ4n) is 3.95. The number of benzene rings is 1. The number of carbonyl (C=O) groups is 2. The molecule has 0 spiro atoms. The maximum atomic E-state index is 14.2. The van der Waals surface area contributed by atoms with E-state index >= 15 is 0 Å². The smallest absolute Gasteiger partial charge is 0.247 e. The number of nitrogens with zero attached hydrogens (tertiary/aromatic N) is 1. The molecule has 2 amide bonds. The number of fused-ring (bicyclic) bond motifs is 1. The van der Waals surface area contributed by atoms with Crippen molar-refractivity contribution in [1.29, 1.82) is 5.26 Å². The number of hydrogen-bond donors (Lipinski definition) is 3. The molecule has 1 aromatic carbocycles. The molecule has 3 N–H and O–H groups in total. The predicted molar refractivity (Wildman–Crippen MR) is 106 cm³/mol. The van der Waals surface area contributed by atoms with Gasteiger partial charge >= 0.3 is 0 Å². The molecule has 2 aliphatic rings. The van der Waals surface area contributed by atoms with Gasteiger partial charge in [0.2, 0.25) is 11.8 Å². The first-order valence-electron chi connectivity index (χ1n) is 9.50. The Morgan fingerprint density at radius 2 is 2.13 bits per heavy atom. The normalized spacial score (nSPS) is 23.9. The molecule has 1 aromatic rings. The highest BCUT2D eigenvalue weighted by molar-refractivity contribution is 7.90. The van der Waals surface area contributed by atoms with Crippen LogP contribution in [0, 0.1) is 23.1 Å². The predicted octanol–water partition coefficient (Wildman–Crippen LogP) is 0.552. The van der Waals surface area contributed by atoms with Crippen molar-refractivity contribution in [2.45, 2.75) is 43.3 Å². The highest BCUT2D eigenvalue weighted by Crippen LogP contribution is 2.32. The Bertz CT molecular complexity index is 1060. The van der Waals surface area contributed by atoms with Crippen LogP contribution in [0.2, 0.25) is 0 Å². The van der Waals surface area contributed by atoms with Crippen LogP contribution in [0.25, 0.3) is 0 Å². The average molecular weight is 434 g/mol. The second-order valence-electron chi connectivity index (χ2n) is 7.60. The number of amides is 2. The van der Waals surface area contributed by atoms with Crippen LogP contribution in [-0.4, -0.2) is 45.1 Å². The van der Waals surface area contributed by atoms with Crippen LogP contribution in [0.1, 0.15) is 25.3 Å². The summed E-state index contributed by atoms with van der Waals surface area (Å²) in [5.41, 5.74) is 1.16. The number of nitrogens with one attached hydrogen (secondary N) is 3.